The lowest BCUT2D eigenvalue weighted by atomic mass is 10.1. The Labute approximate surface area is 131 Å². The van der Waals surface area contributed by atoms with Gasteiger partial charge in [-0.25, -0.2) is 23.4 Å². The molecule has 0 bridgehead atoms. The number of aryl methyl sites for hydroxylation is 1. The predicted molar refractivity (Wildman–Crippen MR) is 83.3 cm³/mol. The number of hydrogen-bond acceptors (Lipinski definition) is 4. The van der Waals surface area contributed by atoms with Crippen molar-refractivity contribution in [1.82, 2.24) is 19.7 Å². The van der Waals surface area contributed by atoms with Crippen molar-refractivity contribution in [3.63, 3.8) is 0 Å². The van der Waals surface area contributed by atoms with Gasteiger partial charge in [0.15, 0.2) is 5.82 Å². The van der Waals surface area contributed by atoms with Gasteiger partial charge in [0.2, 0.25) is 0 Å². The summed E-state index contributed by atoms with van der Waals surface area (Å²) in [4.78, 5) is 8.31. The van der Waals surface area contributed by atoms with Gasteiger partial charge in [-0.1, -0.05) is 12.1 Å². The highest BCUT2D eigenvalue weighted by atomic mass is 19.3. The molecule has 23 heavy (non-hydrogen) atoms. The second-order valence-corrected chi connectivity index (χ2v) is 5.37. The van der Waals surface area contributed by atoms with Crippen molar-refractivity contribution in [2.75, 3.05) is 5.73 Å². The average Bonchev–Trinajstić information content (AvgIpc) is 2.99. The molecule has 2 heterocycles. The van der Waals surface area contributed by atoms with Gasteiger partial charge < -0.3 is 5.73 Å². The molecule has 0 amide bonds. The maximum Gasteiger partial charge on any atom is 0.270 e. The molecule has 3 rings (SSSR count). The van der Waals surface area contributed by atoms with Gasteiger partial charge in [0.25, 0.3) is 5.92 Å². The van der Waals surface area contributed by atoms with Gasteiger partial charge in [0, 0.05) is 24.2 Å². The Morgan fingerprint density at radius 3 is 2.43 bits per heavy atom. The molecular weight excluding hydrogens is 300 g/mol. The van der Waals surface area contributed by atoms with E-state index in [1.807, 2.05) is 13.0 Å². The second-order valence-electron chi connectivity index (χ2n) is 5.37. The van der Waals surface area contributed by atoms with Crippen LogP contribution in [-0.2, 0) is 5.92 Å². The summed E-state index contributed by atoms with van der Waals surface area (Å²) < 4.78 is 28.0. The van der Waals surface area contributed by atoms with E-state index in [0.717, 1.165) is 18.1 Å². The van der Waals surface area contributed by atoms with Crippen molar-refractivity contribution in [2.45, 2.75) is 19.8 Å². The summed E-state index contributed by atoms with van der Waals surface area (Å²) in [6, 6.07) is 7.77. The third-order valence-corrected chi connectivity index (χ3v) is 3.51. The van der Waals surface area contributed by atoms with Crippen LogP contribution in [0.5, 0.6) is 0 Å². The van der Waals surface area contributed by atoms with Gasteiger partial charge in [0.05, 0.1) is 5.69 Å². The van der Waals surface area contributed by atoms with Gasteiger partial charge >= 0.3 is 0 Å². The summed E-state index contributed by atoms with van der Waals surface area (Å²) in [5.41, 5.74) is 7.89. The highest BCUT2D eigenvalue weighted by Crippen LogP contribution is 2.27. The van der Waals surface area contributed by atoms with E-state index in [9.17, 15) is 8.78 Å². The molecule has 0 aliphatic carbocycles. The number of anilines is 1. The van der Waals surface area contributed by atoms with E-state index in [2.05, 4.69) is 15.1 Å². The van der Waals surface area contributed by atoms with Gasteiger partial charge in [-0.15, -0.1) is 5.10 Å². The number of benzene rings is 1. The molecule has 0 saturated carbocycles. The number of hydrogen-bond donors (Lipinski definition) is 1. The van der Waals surface area contributed by atoms with E-state index in [4.69, 9.17) is 5.73 Å². The quantitative estimate of drug-likeness (QED) is 0.805. The van der Waals surface area contributed by atoms with E-state index in [1.165, 1.54) is 23.1 Å². The monoisotopic (exact) mass is 315 g/mol. The highest BCUT2D eigenvalue weighted by molar-refractivity contribution is 5.58. The van der Waals surface area contributed by atoms with Crippen LogP contribution in [0.1, 0.15) is 18.1 Å². The van der Waals surface area contributed by atoms with E-state index < -0.39 is 5.92 Å². The van der Waals surface area contributed by atoms with Crippen LogP contribution in [-0.4, -0.2) is 19.7 Å². The first-order chi connectivity index (χ1) is 10.8. The molecular formula is C16H15F2N5. The van der Waals surface area contributed by atoms with Crippen LogP contribution in [0.4, 0.5) is 14.6 Å². The molecule has 7 heteroatoms. The first-order valence-corrected chi connectivity index (χ1v) is 6.97. The van der Waals surface area contributed by atoms with E-state index in [-0.39, 0.29) is 5.56 Å². The first-order valence-electron chi connectivity index (χ1n) is 6.97. The molecule has 0 fully saturated rings. The van der Waals surface area contributed by atoms with Gasteiger partial charge in [0.1, 0.15) is 12.1 Å². The molecule has 2 N–H and O–H groups in total. The number of halogens is 2. The summed E-state index contributed by atoms with van der Waals surface area (Å²) in [7, 11) is 0. The lowest BCUT2D eigenvalue weighted by Crippen LogP contribution is -2.07. The maximum absolute atomic E-state index is 13.2. The molecule has 0 aliphatic rings. The van der Waals surface area contributed by atoms with Gasteiger partial charge in [-0.05, 0) is 30.7 Å². The zero-order valence-electron chi connectivity index (χ0n) is 12.7. The Morgan fingerprint density at radius 2 is 1.83 bits per heavy atom. The van der Waals surface area contributed by atoms with Crippen molar-refractivity contribution in [3.05, 3.63) is 54.0 Å². The number of nitrogen functional groups attached to an aromatic ring is 1. The Hall–Kier alpha value is -2.83. The minimum Gasteiger partial charge on any atom is -0.383 e. The zero-order chi connectivity index (χ0) is 16.6. The average molecular weight is 315 g/mol. The first kappa shape index (κ1) is 15.1. The van der Waals surface area contributed by atoms with Crippen molar-refractivity contribution in [2.24, 2.45) is 0 Å². The molecule has 5 nitrogen and oxygen atoms in total. The molecule has 0 radical (unpaired) electrons. The van der Waals surface area contributed by atoms with Crippen molar-refractivity contribution in [1.29, 1.82) is 0 Å². The van der Waals surface area contributed by atoms with Crippen LogP contribution in [0.2, 0.25) is 0 Å². The summed E-state index contributed by atoms with van der Waals surface area (Å²) in [6.07, 6.45) is 3.13. The van der Waals surface area contributed by atoms with Crippen LogP contribution >= 0.6 is 0 Å². The molecule has 3 aromatic rings. The van der Waals surface area contributed by atoms with E-state index in [0.29, 0.717) is 17.3 Å². The topological polar surface area (TPSA) is 69.6 Å². The zero-order valence-corrected chi connectivity index (χ0v) is 12.7. The van der Waals surface area contributed by atoms with Gasteiger partial charge in [-0.3, -0.25) is 0 Å². The summed E-state index contributed by atoms with van der Waals surface area (Å²) in [6.45, 7) is 2.72. The SMILES string of the molecule is Cc1cc(-c2ncn(-c3ccc(C(C)(F)F)cc3)n2)cnc1N. The molecule has 0 spiro atoms. The molecule has 0 aliphatic heterocycles. The smallest absolute Gasteiger partial charge is 0.270 e. The summed E-state index contributed by atoms with van der Waals surface area (Å²) >= 11 is 0. The Bertz CT molecular complexity index is 834. The fraction of sp³-hybridized carbons (Fsp3) is 0.188. The van der Waals surface area contributed by atoms with Crippen LogP contribution < -0.4 is 5.73 Å². The van der Waals surface area contributed by atoms with Crippen LogP contribution in [0, 0.1) is 6.92 Å². The predicted octanol–water partition coefficient (Wildman–Crippen LogP) is 3.33. The molecule has 0 unspecified atom stereocenters. The standard InChI is InChI=1S/C16H15F2N5/c1-10-7-11(8-20-14(10)19)15-21-9-23(22-15)13-5-3-12(4-6-13)16(2,17)18/h3-9H,1-2H3,(H2,19,20). The fourth-order valence-corrected chi connectivity index (χ4v) is 2.13. The van der Waals surface area contributed by atoms with Gasteiger partial charge in [-0.2, -0.15) is 0 Å². The minimum atomic E-state index is -2.86. The number of nitrogens with zero attached hydrogens (tertiary/aromatic N) is 4. The van der Waals surface area contributed by atoms with Crippen molar-refractivity contribution in [3.8, 4) is 17.1 Å². The Balaban J connectivity index is 1.91. The lowest BCUT2D eigenvalue weighted by Gasteiger charge is -2.10. The number of rotatable bonds is 3. The highest BCUT2D eigenvalue weighted by Gasteiger charge is 2.23. The largest absolute Gasteiger partial charge is 0.383 e. The van der Waals surface area contributed by atoms with Crippen LogP contribution in [0.25, 0.3) is 17.1 Å². The summed E-state index contributed by atoms with van der Waals surface area (Å²) in [5, 5.41) is 4.35. The van der Waals surface area contributed by atoms with Crippen molar-refractivity contribution >= 4 is 5.82 Å². The van der Waals surface area contributed by atoms with Crippen molar-refractivity contribution < 1.29 is 8.78 Å². The third kappa shape index (κ3) is 3.03. The molecule has 1 aromatic carbocycles. The normalized spacial score (nSPS) is 11.7. The van der Waals surface area contributed by atoms with E-state index >= 15 is 0 Å². The molecule has 118 valence electrons. The molecule has 2 aromatic heterocycles. The third-order valence-electron chi connectivity index (χ3n) is 3.51. The lowest BCUT2D eigenvalue weighted by molar-refractivity contribution is 0.0175. The second kappa shape index (κ2) is 5.42. The number of pyridine rings is 1. The number of alkyl halides is 2. The maximum atomic E-state index is 13.2. The molecule has 0 saturated heterocycles. The minimum absolute atomic E-state index is 0.0417. The number of nitrogens with two attached hydrogens (primary N) is 1. The molecule has 0 atom stereocenters. The summed E-state index contributed by atoms with van der Waals surface area (Å²) in [5.74, 6) is -1.91. The number of aromatic nitrogens is 4. The van der Waals surface area contributed by atoms with Crippen LogP contribution in [0.3, 0.4) is 0 Å². The van der Waals surface area contributed by atoms with Crippen LogP contribution in [0.15, 0.2) is 42.9 Å². The Morgan fingerprint density at radius 1 is 1.13 bits per heavy atom. The Kier molecular flexibility index (Phi) is 3.55. The fourth-order valence-electron chi connectivity index (χ4n) is 2.13. The van der Waals surface area contributed by atoms with E-state index in [1.54, 1.807) is 18.3 Å².